The number of carbonyl (C=O) groups excluding carboxylic acids is 1. The summed E-state index contributed by atoms with van der Waals surface area (Å²) in [6, 6.07) is 0. The number of amides is 1. The SMILES string of the molecule is CCC1(CNC(=O)C(O)C2(O)CCC2)CCC1. The third-order valence-corrected chi connectivity index (χ3v) is 4.78. The predicted octanol–water partition coefficient (Wildman–Crippen LogP) is 0.959. The van der Waals surface area contributed by atoms with Crippen LogP contribution in [0.4, 0.5) is 0 Å². The Labute approximate surface area is 102 Å². The fraction of sp³-hybridized carbons (Fsp3) is 0.923. The Morgan fingerprint density at radius 1 is 1.29 bits per heavy atom. The topological polar surface area (TPSA) is 69.6 Å². The first-order chi connectivity index (χ1) is 8.01. The summed E-state index contributed by atoms with van der Waals surface area (Å²) in [7, 11) is 0. The first kappa shape index (κ1) is 12.8. The van der Waals surface area contributed by atoms with E-state index in [0.717, 1.165) is 25.7 Å². The molecule has 0 radical (unpaired) electrons. The molecule has 0 aliphatic heterocycles. The molecule has 2 aliphatic carbocycles. The average Bonchev–Trinajstić information content (AvgIpc) is 2.23. The van der Waals surface area contributed by atoms with Gasteiger partial charge in [-0.1, -0.05) is 13.3 Å². The number of rotatable bonds is 5. The van der Waals surface area contributed by atoms with Crippen LogP contribution in [-0.4, -0.2) is 34.4 Å². The van der Waals surface area contributed by atoms with Crippen molar-refractivity contribution in [3.05, 3.63) is 0 Å². The van der Waals surface area contributed by atoms with Crippen LogP contribution in [-0.2, 0) is 4.79 Å². The van der Waals surface area contributed by atoms with E-state index in [2.05, 4.69) is 12.2 Å². The minimum absolute atomic E-state index is 0.248. The summed E-state index contributed by atoms with van der Waals surface area (Å²) in [5.41, 5.74) is -0.916. The van der Waals surface area contributed by atoms with Crippen LogP contribution >= 0.6 is 0 Å². The maximum absolute atomic E-state index is 11.8. The molecule has 2 aliphatic rings. The molecule has 0 heterocycles. The predicted molar refractivity (Wildman–Crippen MR) is 64.4 cm³/mol. The summed E-state index contributed by atoms with van der Waals surface area (Å²) < 4.78 is 0. The van der Waals surface area contributed by atoms with Crippen molar-refractivity contribution in [3.63, 3.8) is 0 Å². The van der Waals surface area contributed by atoms with Crippen LogP contribution in [0.1, 0.15) is 51.9 Å². The summed E-state index contributed by atoms with van der Waals surface area (Å²) in [4.78, 5) is 11.8. The molecule has 0 aromatic carbocycles. The minimum atomic E-state index is -1.26. The summed E-state index contributed by atoms with van der Waals surface area (Å²) >= 11 is 0. The molecule has 3 N–H and O–H groups in total. The van der Waals surface area contributed by atoms with Gasteiger partial charge in [-0.3, -0.25) is 4.79 Å². The van der Waals surface area contributed by atoms with Crippen molar-refractivity contribution in [2.24, 2.45) is 5.41 Å². The summed E-state index contributed by atoms with van der Waals surface area (Å²) in [6.07, 6.45) is 5.30. The van der Waals surface area contributed by atoms with E-state index in [4.69, 9.17) is 0 Å². The van der Waals surface area contributed by atoms with E-state index in [0.29, 0.717) is 19.4 Å². The maximum Gasteiger partial charge on any atom is 0.251 e. The normalized spacial score (nSPS) is 26.5. The van der Waals surface area contributed by atoms with Crippen LogP contribution < -0.4 is 5.32 Å². The monoisotopic (exact) mass is 241 g/mol. The Balaban J connectivity index is 1.80. The molecule has 4 heteroatoms. The number of hydrogen-bond acceptors (Lipinski definition) is 3. The van der Waals surface area contributed by atoms with Gasteiger partial charge < -0.3 is 15.5 Å². The van der Waals surface area contributed by atoms with Gasteiger partial charge in [-0.15, -0.1) is 0 Å². The minimum Gasteiger partial charge on any atom is -0.387 e. The van der Waals surface area contributed by atoms with Crippen LogP contribution in [0.15, 0.2) is 0 Å². The van der Waals surface area contributed by atoms with Gasteiger partial charge in [0.15, 0.2) is 6.10 Å². The molecule has 0 spiro atoms. The lowest BCUT2D eigenvalue weighted by molar-refractivity contribution is -0.159. The molecule has 0 saturated heterocycles. The third-order valence-electron chi connectivity index (χ3n) is 4.78. The maximum atomic E-state index is 11.8. The molecule has 2 fully saturated rings. The highest BCUT2D eigenvalue weighted by molar-refractivity contribution is 5.82. The van der Waals surface area contributed by atoms with Gasteiger partial charge in [0, 0.05) is 6.54 Å². The van der Waals surface area contributed by atoms with Gasteiger partial charge in [0.25, 0.3) is 5.91 Å². The second kappa shape index (κ2) is 4.58. The average molecular weight is 241 g/mol. The van der Waals surface area contributed by atoms with Gasteiger partial charge >= 0.3 is 0 Å². The molecular weight excluding hydrogens is 218 g/mol. The van der Waals surface area contributed by atoms with Crippen molar-refractivity contribution in [1.29, 1.82) is 0 Å². The van der Waals surface area contributed by atoms with Gasteiger partial charge in [-0.25, -0.2) is 0 Å². The van der Waals surface area contributed by atoms with Gasteiger partial charge in [0.1, 0.15) is 0 Å². The molecule has 2 rings (SSSR count). The fourth-order valence-electron chi connectivity index (χ4n) is 2.76. The van der Waals surface area contributed by atoms with Crippen molar-refractivity contribution in [2.75, 3.05) is 6.54 Å². The van der Waals surface area contributed by atoms with E-state index in [-0.39, 0.29) is 5.41 Å². The molecule has 98 valence electrons. The highest BCUT2D eigenvalue weighted by Crippen LogP contribution is 2.43. The van der Waals surface area contributed by atoms with E-state index >= 15 is 0 Å². The molecule has 4 nitrogen and oxygen atoms in total. The van der Waals surface area contributed by atoms with Gasteiger partial charge in [0.2, 0.25) is 0 Å². The Kier molecular flexibility index (Phi) is 3.46. The van der Waals surface area contributed by atoms with Crippen LogP contribution in [0.5, 0.6) is 0 Å². The summed E-state index contributed by atoms with van der Waals surface area (Å²) in [6.45, 7) is 2.77. The fourth-order valence-corrected chi connectivity index (χ4v) is 2.76. The number of nitrogens with one attached hydrogen (secondary N) is 1. The molecular formula is C13H23NO3. The van der Waals surface area contributed by atoms with Crippen molar-refractivity contribution in [2.45, 2.75) is 63.6 Å². The number of carbonyl (C=O) groups is 1. The van der Waals surface area contributed by atoms with E-state index in [1.807, 2.05) is 0 Å². The van der Waals surface area contributed by atoms with E-state index in [1.165, 1.54) is 6.42 Å². The molecule has 0 aromatic heterocycles. The second-order valence-corrected chi connectivity index (χ2v) is 5.78. The van der Waals surface area contributed by atoms with Gasteiger partial charge in [-0.2, -0.15) is 0 Å². The van der Waals surface area contributed by atoms with Gasteiger partial charge in [0.05, 0.1) is 5.60 Å². The van der Waals surface area contributed by atoms with Crippen molar-refractivity contribution >= 4 is 5.91 Å². The lowest BCUT2D eigenvalue weighted by atomic mass is 9.67. The first-order valence-corrected chi connectivity index (χ1v) is 6.70. The van der Waals surface area contributed by atoms with E-state index in [1.54, 1.807) is 0 Å². The van der Waals surface area contributed by atoms with Crippen LogP contribution in [0.3, 0.4) is 0 Å². The van der Waals surface area contributed by atoms with Gasteiger partial charge in [-0.05, 0) is 43.9 Å². The molecule has 1 atom stereocenters. The zero-order valence-corrected chi connectivity index (χ0v) is 10.5. The lowest BCUT2D eigenvalue weighted by Crippen LogP contribution is -2.56. The molecule has 0 bridgehead atoms. The standard InChI is InChI=1S/C13H23NO3/c1-2-12(5-3-6-12)9-14-11(16)10(15)13(17)7-4-8-13/h10,15,17H,2-9H2,1H3,(H,14,16). The van der Waals surface area contributed by atoms with Crippen molar-refractivity contribution in [3.8, 4) is 0 Å². The van der Waals surface area contributed by atoms with Crippen LogP contribution in [0, 0.1) is 5.41 Å². The van der Waals surface area contributed by atoms with Crippen LogP contribution in [0.25, 0.3) is 0 Å². The molecule has 2 saturated carbocycles. The lowest BCUT2D eigenvalue weighted by Gasteiger charge is -2.43. The summed E-state index contributed by atoms with van der Waals surface area (Å²) in [5.74, 6) is -0.410. The Hall–Kier alpha value is -0.610. The van der Waals surface area contributed by atoms with Crippen LogP contribution in [0.2, 0.25) is 0 Å². The van der Waals surface area contributed by atoms with E-state index < -0.39 is 17.6 Å². The van der Waals surface area contributed by atoms with Crippen molar-refractivity contribution in [1.82, 2.24) is 5.32 Å². The smallest absolute Gasteiger partial charge is 0.251 e. The Morgan fingerprint density at radius 3 is 2.24 bits per heavy atom. The molecule has 0 aromatic rings. The first-order valence-electron chi connectivity index (χ1n) is 6.70. The Morgan fingerprint density at radius 2 is 1.88 bits per heavy atom. The highest BCUT2D eigenvalue weighted by Gasteiger charge is 2.45. The summed E-state index contributed by atoms with van der Waals surface area (Å²) in [5, 5.41) is 22.5. The largest absolute Gasteiger partial charge is 0.387 e. The van der Waals surface area contributed by atoms with E-state index in [9.17, 15) is 15.0 Å². The second-order valence-electron chi connectivity index (χ2n) is 5.78. The number of hydrogen-bond donors (Lipinski definition) is 3. The molecule has 17 heavy (non-hydrogen) atoms. The number of aliphatic hydroxyl groups is 2. The molecule has 1 unspecified atom stereocenters. The third kappa shape index (κ3) is 2.33. The van der Waals surface area contributed by atoms with Crippen molar-refractivity contribution < 1.29 is 15.0 Å². The highest BCUT2D eigenvalue weighted by atomic mass is 16.4. The molecule has 1 amide bonds. The zero-order valence-electron chi connectivity index (χ0n) is 10.5. The Bertz CT molecular complexity index is 290. The zero-order chi connectivity index (χ0) is 12.5. The quantitative estimate of drug-likeness (QED) is 0.671. The number of aliphatic hydroxyl groups excluding tert-OH is 1.